The number of hydrogen-bond donors (Lipinski definition) is 0. The second kappa shape index (κ2) is 14.3. The van der Waals surface area contributed by atoms with Crippen molar-refractivity contribution >= 4 is 17.1 Å². The molecule has 2 aliphatic carbocycles. The number of rotatable bonds is 6. The molecule has 10 aromatic carbocycles. The van der Waals surface area contributed by atoms with Gasteiger partial charge in [0.2, 0.25) is 0 Å². The molecule has 0 unspecified atom stereocenters. The van der Waals surface area contributed by atoms with Crippen LogP contribution in [0.3, 0.4) is 0 Å². The summed E-state index contributed by atoms with van der Waals surface area (Å²) in [5.74, 6) is 2.82. The number of anilines is 3. The summed E-state index contributed by atoms with van der Waals surface area (Å²) in [5.41, 5.74) is 19.3. The fourth-order valence-corrected chi connectivity index (χ4v) is 10.6. The van der Waals surface area contributed by atoms with Gasteiger partial charge < -0.3 is 14.4 Å². The predicted octanol–water partition coefficient (Wildman–Crippen LogP) is 16.4. The topological polar surface area (TPSA) is 21.7 Å². The zero-order valence-electron chi connectivity index (χ0n) is 34.8. The maximum atomic E-state index is 7.30. The Labute approximate surface area is 372 Å². The summed E-state index contributed by atoms with van der Waals surface area (Å²) in [5, 5.41) is 0. The molecule has 1 aliphatic heterocycles. The lowest BCUT2D eigenvalue weighted by Crippen LogP contribution is -2.26. The molecule has 3 aliphatic rings. The van der Waals surface area contributed by atoms with Crippen LogP contribution in [0.1, 0.15) is 22.3 Å². The van der Waals surface area contributed by atoms with Crippen LogP contribution in [-0.2, 0) is 5.41 Å². The van der Waals surface area contributed by atoms with Crippen LogP contribution in [0.5, 0.6) is 23.0 Å². The fraction of sp³-hybridized carbons (Fsp3) is 0.0164. The minimum atomic E-state index is -0.576. The molecule has 0 N–H and O–H groups in total. The second-order valence-electron chi connectivity index (χ2n) is 16.7. The largest absolute Gasteiger partial charge is 0.449 e. The van der Waals surface area contributed by atoms with Gasteiger partial charge in [0.05, 0.1) is 11.1 Å². The first-order valence-corrected chi connectivity index (χ1v) is 21.9. The third kappa shape index (κ3) is 5.41. The highest BCUT2D eigenvalue weighted by molar-refractivity contribution is 5.97. The molecule has 3 heteroatoms. The van der Waals surface area contributed by atoms with E-state index >= 15 is 0 Å². The highest BCUT2D eigenvalue weighted by Gasteiger charge is 2.54. The number of ether oxygens (including phenoxy) is 2. The van der Waals surface area contributed by atoms with Crippen molar-refractivity contribution in [3.8, 4) is 78.6 Å². The quantitative estimate of drug-likeness (QED) is 0.167. The Hall–Kier alpha value is -8.40. The highest BCUT2D eigenvalue weighted by atomic mass is 16.6. The first-order valence-electron chi connectivity index (χ1n) is 21.9. The molecular weight excluding hydrogens is 779 g/mol. The van der Waals surface area contributed by atoms with E-state index in [0.29, 0.717) is 17.2 Å². The first kappa shape index (κ1) is 36.3. The molecule has 10 aromatic rings. The second-order valence-corrected chi connectivity index (χ2v) is 16.7. The molecule has 3 nitrogen and oxygen atoms in total. The van der Waals surface area contributed by atoms with Crippen molar-refractivity contribution in [2.45, 2.75) is 5.41 Å². The van der Waals surface area contributed by atoms with Crippen molar-refractivity contribution in [3.63, 3.8) is 0 Å². The molecule has 0 atom stereocenters. The Morgan fingerprint density at radius 3 is 1.41 bits per heavy atom. The van der Waals surface area contributed by atoms with Crippen molar-refractivity contribution in [2.75, 3.05) is 4.90 Å². The van der Waals surface area contributed by atoms with Gasteiger partial charge in [0.15, 0.2) is 23.0 Å². The molecule has 0 bridgehead atoms. The average molecular weight is 818 g/mol. The lowest BCUT2D eigenvalue weighted by Gasteiger charge is -2.33. The number of hydrogen-bond acceptors (Lipinski definition) is 3. The molecule has 0 saturated carbocycles. The van der Waals surface area contributed by atoms with E-state index in [1.807, 2.05) is 6.07 Å². The van der Waals surface area contributed by atoms with Crippen LogP contribution < -0.4 is 14.4 Å². The smallest absolute Gasteiger partial charge is 0.175 e. The monoisotopic (exact) mass is 817 g/mol. The van der Waals surface area contributed by atoms with Crippen LogP contribution in [0, 0.1) is 0 Å². The van der Waals surface area contributed by atoms with Gasteiger partial charge in [-0.15, -0.1) is 0 Å². The Kier molecular flexibility index (Phi) is 8.13. The van der Waals surface area contributed by atoms with Gasteiger partial charge in [0, 0.05) is 23.0 Å². The summed E-state index contributed by atoms with van der Waals surface area (Å²) >= 11 is 0. The van der Waals surface area contributed by atoms with Crippen LogP contribution in [0.15, 0.2) is 237 Å². The maximum Gasteiger partial charge on any atom is 0.175 e. The summed E-state index contributed by atoms with van der Waals surface area (Å²) in [4.78, 5) is 2.31. The lowest BCUT2D eigenvalue weighted by atomic mass is 9.70. The van der Waals surface area contributed by atoms with Gasteiger partial charge in [0.25, 0.3) is 0 Å². The van der Waals surface area contributed by atoms with Crippen LogP contribution >= 0.6 is 0 Å². The average Bonchev–Trinajstić information content (AvgIpc) is 3.84. The van der Waals surface area contributed by atoms with Gasteiger partial charge in [0.1, 0.15) is 0 Å². The van der Waals surface area contributed by atoms with Crippen LogP contribution in [0.4, 0.5) is 17.1 Å². The van der Waals surface area contributed by atoms with E-state index in [0.717, 1.165) is 50.6 Å². The third-order valence-electron chi connectivity index (χ3n) is 13.3. The van der Waals surface area contributed by atoms with Crippen LogP contribution in [0.2, 0.25) is 0 Å². The highest BCUT2D eigenvalue weighted by Crippen LogP contribution is 2.67. The minimum Gasteiger partial charge on any atom is -0.449 e. The molecule has 64 heavy (non-hydrogen) atoms. The summed E-state index contributed by atoms with van der Waals surface area (Å²) in [6.07, 6.45) is 0. The molecule has 13 rings (SSSR count). The molecule has 0 fully saturated rings. The molecular formula is C61H39NO2. The zero-order valence-corrected chi connectivity index (χ0v) is 34.8. The van der Waals surface area contributed by atoms with Gasteiger partial charge >= 0.3 is 0 Å². The Morgan fingerprint density at radius 2 is 0.766 bits per heavy atom. The normalized spacial score (nSPS) is 13.1. The van der Waals surface area contributed by atoms with Crippen molar-refractivity contribution in [1.29, 1.82) is 0 Å². The van der Waals surface area contributed by atoms with E-state index in [2.05, 4.69) is 235 Å². The van der Waals surface area contributed by atoms with E-state index in [9.17, 15) is 0 Å². The zero-order chi connectivity index (χ0) is 42.2. The van der Waals surface area contributed by atoms with Gasteiger partial charge in [-0.2, -0.15) is 0 Å². The summed E-state index contributed by atoms with van der Waals surface area (Å²) in [6.45, 7) is 0. The minimum absolute atomic E-state index is 0.576. The van der Waals surface area contributed by atoms with Gasteiger partial charge in [-0.05, 0) is 115 Å². The Morgan fingerprint density at radius 1 is 0.281 bits per heavy atom. The number of nitrogens with zero attached hydrogens (tertiary/aromatic N) is 1. The molecule has 0 saturated heterocycles. The predicted molar refractivity (Wildman–Crippen MR) is 260 cm³/mol. The molecule has 0 aromatic heterocycles. The third-order valence-corrected chi connectivity index (χ3v) is 13.3. The van der Waals surface area contributed by atoms with Gasteiger partial charge in [-0.3, -0.25) is 0 Å². The van der Waals surface area contributed by atoms with E-state index in [1.165, 1.54) is 50.1 Å². The molecule has 1 spiro atoms. The first-order chi connectivity index (χ1) is 31.7. The number of fused-ring (bicyclic) bond motifs is 13. The summed E-state index contributed by atoms with van der Waals surface area (Å²) < 4.78 is 14.2. The summed E-state index contributed by atoms with van der Waals surface area (Å²) in [6, 6.07) is 84.7. The summed E-state index contributed by atoms with van der Waals surface area (Å²) in [7, 11) is 0. The fourth-order valence-electron chi connectivity index (χ4n) is 10.6. The molecule has 300 valence electrons. The van der Waals surface area contributed by atoms with Crippen LogP contribution in [0.25, 0.3) is 55.6 Å². The van der Waals surface area contributed by atoms with Crippen molar-refractivity contribution in [2.24, 2.45) is 0 Å². The number of benzene rings is 10. The SMILES string of the molecule is c1ccc(-c2cccc(N(c3ccc(-c4ccccc4-c4ccccc4)cc3)c3ccc4c(c3)Oc3c(ccc5c3C3(c6ccccc6-c6ccccc63)c3ccccc3-5)O4)c2)cc1. The Balaban J connectivity index is 0.958. The molecule has 0 amide bonds. The standard InChI is InChI=1S/C61H39NO2/c1-3-16-40(17-4-1)43-20-15-21-45(38-43)62(44-32-30-42(31-33-44)48-23-8-7-22-47(48)41-18-5-2-6-19-41)46-34-36-56-58(39-46)64-60-57(63-56)37-35-52-51-26-11-14-29-55(51)61(59(52)60)53-27-12-9-24-49(53)50-25-10-13-28-54(50)61/h1-39H. The van der Waals surface area contributed by atoms with Gasteiger partial charge in [-0.1, -0.05) is 188 Å². The lowest BCUT2D eigenvalue weighted by molar-refractivity contribution is 0.355. The van der Waals surface area contributed by atoms with E-state index < -0.39 is 5.41 Å². The van der Waals surface area contributed by atoms with Gasteiger partial charge in [-0.25, -0.2) is 0 Å². The van der Waals surface area contributed by atoms with Crippen molar-refractivity contribution < 1.29 is 9.47 Å². The van der Waals surface area contributed by atoms with Crippen molar-refractivity contribution in [3.05, 3.63) is 259 Å². The maximum absolute atomic E-state index is 7.30. The van der Waals surface area contributed by atoms with E-state index in [-0.39, 0.29) is 0 Å². The Bertz CT molecular complexity index is 3380. The van der Waals surface area contributed by atoms with Crippen molar-refractivity contribution in [1.82, 2.24) is 0 Å². The molecule has 0 radical (unpaired) electrons. The molecule has 1 heterocycles. The van der Waals surface area contributed by atoms with E-state index in [1.54, 1.807) is 0 Å². The van der Waals surface area contributed by atoms with E-state index in [4.69, 9.17) is 9.47 Å². The van der Waals surface area contributed by atoms with Crippen LogP contribution in [-0.4, -0.2) is 0 Å².